The summed E-state index contributed by atoms with van der Waals surface area (Å²) in [6, 6.07) is 13.2. The zero-order chi connectivity index (χ0) is 20.4. The topological polar surface area (TPSA) is 71.6 Å². The number of amides is 2. The van der Waals surface area contributed by atoms with Gasteiger partial charge in [-0.15, -0.1) is 0 Å². The van der Waals surface area contributed by atoms with Crippen molar-refractivity contribution in [2.24, 2.45) is 0 Å². The van der Waals surface area contributed by atoms with Crippen LogP contribution in [0.3, 0.4) is 0 Å². The normalized spacial score (nSPS) is 14.3. The molecule has 7 nitrogen and oxygen atoms in total. The smallest absolute Gasteiger partial charge is 0.289 e. The van der Waals surface area contributed by atoms with Gasteiger partial charge in [0.2, 0.25) is 0 Å². The monoisotopic (exact) mass is 412 g/mol. The minimum atomic E-state index is -0.160. The van der Waals surface area contributed by atoms with E-state index in [4.69, 9.17) is 16.0 Å². The highest BCUT2D eigenvalue weighted by Crippen LogP contribution is 2.23. The van der Waals surface area contributed by atoms with E-state index < -0.39 is 0 Å². The molecule has 0 atom stereocenters. The number of aromatic nitrogens is 2. The van der Waals surface area contributed by atoms with E-state index in [1.807, 2.05) is 30.3 Å². The molecule has 0 spiro atoms. The van der Waals surface area contributed by atoms with Crippen LogP contribution < -0.4 is 0 Å². The molecule has 150 valence electrons. The third-order valence-electron chi connectivity index (χ3n) is 5.04. The summed E-state index contributed by atoms with van der Waals surface area (Å²) < 4.78 is 6.82. The fourth-order valence-corrected chi connectivity index (χ4v) is 3.80. The number of hydrogen-bond acceptors (Lipinski definition) is 4. The lowest BCUT2D eigenvalue weighted by atomic mass is 10.2. The molecule has 1 aliphatic rings. The summed E-state index contributed by atoms with van der Waals surface area (Å²) in [6.07, 6.45) is 1.48. The van der Waals surface area contributed by atoms with Crippen LogP contribution in [0.1, 0.15) is 32.2 Å². The Morgan fingerprint density at radius 2 is 1.66 bits per heavy atom. The second-order valence-electron chi connectivity index (χ2n) is 6.96. The van der Waals surface area contributed by atoms with Crippen molar-refractivity contribution in [2.45, 2.75) is 13.5 Å². The molecule has 3 aromatic rings. The largest absolute Gasteiger partial charge is 0.459 e. The molecule has 1 fully saturated rings. The van der Waals surface area contributed by atoms with E-state index in [0.717, 1.165) is 5.56 Å². The Bertz CT molecular complexity index is 1010. The van der Waals surface area contributed by atoms with Crippen molar-refractivity contribution in [2.75, 3.05) is 26.2 Å². The average Bonchev–Trinajstić information content (AvgIpc) is 3.37. The van der Waals surface area contributed by atoms with Gasteiger partial charge in [0.1, 0.15) is 5.15 Å². The second-order valence-corrected chi connectivity index (χ2v) is 7.31. The molecule has 3 heterocycles. The Balaban J connectivity index is 1.44. The van der Waals surface area contributed by atoms with E-state index in [0.29, 0.717) is 54.9 Å². The molecule has 0 N–H and O–H groups in total. The maximum Gasteiger partial charge on any atom is 0.289 e. The quantitative estimate of drug-likeness (QED) is 0.660. The third-order valence-corrected chi connectivity index (χ3v) is 5.42. The van der Waals surface area contributed by atoms with Crippen LogP contribution in [0.15, 0.2) is 53.1 Å². The lowest BCUT2D eigenvalue weighted by Gasteiger charge is -2.34. The lowest BCUT2D eigenvalue weighted by molar-refractivity contribution is 0.0517. The molecule has 0 saturated carbocycles. The molecule has 0 radical (unpaired) electrons. The molecule has 1 saturated heterocycles. The number of rotatable bonds is 4. The molecule has 1 aliphatic heterocycles. The summed E-state index contributed by atoms with van der Waals surface area (Å²) in [4.78, 5) is 28.9. The standard InChI is InChI=1S/C21H21ClN4O3/c1-15-18(19(22)26(23-15)14-16-6-3-2-4-7-16)21(28)25-11-9-24(10-12-25)20(27)17-8-5-13-29-17/h2-8,13H,9-12,14H2,1H3. The Morgan fingerprint density at radius 1 is 1.00 bits per heavy atom. The molecule has 1 aromatic carbocycles. The maximum atomic E-state index is 13.1. The lowest BCUT2D eigenvalue weighted by Crippen LogP contribution is -2.50. The number of carbonyl (C=O) groups excluding carboxylic acids is 2. The van der Waals surface area contributed by atoms with Crippen LogP contribution in [0, 0.1) is 6.92 Å². The summed E-state index contributed by atoms with van der Waals surface area (Å²) in [7, 11) is 0. The molecule has 29 heavy (non-hydrogen) atoms. The number of piperazine rings is 1. The van der Waals surface area contributed by atoms with E-state index >= 15 is 0 Å². The minimum Gasteiger partial charge on any atom is -0.459 e. The first-order chi connectivity index (χ1) is 14.0. The van der Waals surface area contributed by atoms with Crippen LogP contribution >= 0.6 is 11.6 Å². The molecular weight excluding hydrogens is 392 g/mol. The van der Waals surface area contributed by atoms with Crippen molar-refractivity contribution in [3.05, 3.63) is 76.5 Å². The number of benzene rings is 1. The highest BCUT2D eigenvalue weighted by Gasteiger charge is 2.30. The number of halogens is 1. The molecule has 0 bridgehead atoms. The fraction of sp³-hybridized carbons (Fsp3) is 0.286. The number of hydrogen-bond donors (Lipinski definition) is 0. The summed E-state index contributed by atoms with van der Waals surface area (Å²) >= 11 is 6.52. The molecular formula is C21H21ClN4O3. The summed E-state index contributed by atoms with van der Waals surface area (Å²) in [6.45, 7) is 4.05. The van der Waals surface area contributed by atoms with Crippen LogP contribution in [0.4, 0.5) is 0 Å². The van der Waals surface area contributed by atoms with Gasteiger partial charge in [0.15, 0.2) is 5.76 Å². The highest BCUT2D eigenvalue weighted by atomic mass is 35.5. The van der Waals surface area contributed by atoms with E-state index in [1.165, 1.54) is 6.26 Å². The van der Waals surface area contributed by atoms with Crippen LogP contribution in [0.25, 0.3) is 0 Å². The maximum absolute atomic E-state index is 13.1. The van der Waals surface area contributed by atoms with E-state index in [1.54, 1.807) is 33.5 Å². The van der Waals surface area contributed by atoms with Crippen molar-refractivity contribution in [3.8, 4) is 0 Å². The van der Waals surface area contributed by atoms with Crippen molar-refractivity contribution in [1.29, 1.82) is 0 Å². The van der Waals surface area contributed by atoms with Crippen LogP contribution in [0.5, 0.6) is 0 Å². The van der Waals surface area contributed by atoms with Gasteiger partial charge in [0.25, 0.3) is 11.8 Å². The van der Waals surface area contributed by atoms with Gasteiger partial charge in [-0.2, -0.15) is 5.10 Å². The third kappa shape index (κ3) is 3.91. The van der Waals surface area contributed by atoms with Gasteiger partial charge in [-0.05, 0) is 24.6 Å². The summed E-state index contributed by atoms with van der Waals surface area (Å²) in [5.41, 5.74) is 2.08. The molecule has 4 rings (SSSR count). The first kappa shape index (κ1) is 19.3. The minimum absolute atomic E-state index is 0.156. The Hall–Kier alpha value is -3.06. The predicted molar refractivity (Wildman–Crippen MR) is 108 cm³/mol. The van der Waals surface area contributed by atoms with Gasteiger partial charge in [-0.1, -0.05) is 41.9 Å². The van der Waals surface area contributed by atoms with E-state index in [9.17, 15) is 9.59 Å². The molecule has 0 aliphatic carbocycles. The number of carbonyl (C=O) groups is 2. The van der Waals surface area contributed by atoms with E-state index in [2.05, 4.69) is 5.10 Å². The highest BCUT2D eigenvalue weighted by molar-refractivity contribution is 6.33. The number of aryl methyl sites for hydroxylation is 1. The molecule has 8 heteroatoms. The second kappa shape index (κ2) is 8.13. The van der Waals surface area contributed by atoms with Gasteiger partial charge < -0.3 is 14.2 Å². The van der Waals surface area contributed by atoms with Crippen molar-refractivity contribution in [3.63, 3.8) is 0 Å². The van der Waals surface area contributed by atoms with Crippen molar-refractivity contribution < 1.29 is 14.0 Å². The molecule has 2 aromatic heterocycles. The van der Waals surface area contributed by atoms with Gasteiger partial charge in [-0.3, -0.25) is 9.59 Å². The van der Waals surface area contributed by atoms with Gasteiger partial charge >= 0.3 is 0 Å². The first-order valence-corrected chi connectivity index (χ1v) is 9.81. The fourth-order valence-electron chi connectivity index (χ4n) is 3.48. The molecule has 2 amide bonds. The van der Waals surface area contributed by atoms with Crippen LogP contribution in [-0.2, 0) is 6.54 Å². The Kier molecular flexibility index (Phi) is 5.40. The number of nitrogens with zero attached hydrogens (tertiary/aromatic N) is 4. The van der Waals surface area contributed by atoms with Crippen molar-refractivity contribution in [1.82, 2.24) is 19.6 Å². The SMILES string of the molecule is Cc1nn(Cc2ccccc2)c(Cl)c1C(=O)N1CCN(C(=O)c2ccco2)CC1. The Labute approximate surface area is 173 Å². The zero-order valence-corrected chi connectivity index (χ0v) is 16.8. The van der Waals surface area contributed by atoms with Crippen LogP contribution in [-0.4, -0.2) is 57.6 Å². The van der Waals surface area contributed by atoms with Crippen LogP contribution in [0.2, 0.25) is 5.15 Å². The van der Waals surface area contributed by atoms with Gasteiger partial charge in [0.05, 0.1) is 24.1 Å². The Morgan fingerprint density at radius 3 is 2.28 bits per heavy atom. The molecule has 0 unspecified atom stereocenters. The first-order valence-electron chi connectivity index (χ1n) is 9.43. The van der Waals surface area contributed by atoms with E-state index in [-0.39, 0.29) is 11.8 Å². The van der Waals surface area contributed by atoms with Gasteiger partial charge in [-0.25, -0.2) is 4.68 Å². The number of furan rings is 1. The summed E-state index contributed by atoms with van der Waals surface area (Å²) in [5, 5.41) is 4.80. The van der Waals surface area contributed by atoms with Gasteiger partial charge in [0, 0.05) is 26.2 Å². The zero-order valence-electron chi connectivity index (χ0n) is 16.0. The van der Waals surface area contributed by atoms with Crippen molar-refractivity contribution >= 4 is 23.4 Å². The average molecular weight is 413 g/mol. The predicted octanol–water partition coefficient (Wildman–Crippen LogP) is 3.08. The summed E-state index contributed by atoms with van der Waals surface area (Å²) in [5.74, 6) is -0.00486.